The molecule has 2 aromatic carbocycles. The van der Waals surface area contributed by atoms with E-state index < -0.39 is 0 Å². The fourth-order valence-electron chi connectivity index (χ4n) is 1.78. The third kappa shape index (κ3) is 3.97. The Morgan fingerprint density at radius 1 is 1.05 bits per heavy atom. The Morgan fingerprint density at radius 2 is 1.77 bits per heavy atom. The van der Waals surface area contributed by atoms with Crippen LogP contribution in [0.5, 0.6) is 5.75 Å². The highest BCUT2D eigenvalue weighted by Crippen LogP contribution is 2.35. The number of ketones is 1. The van der Waals surface area contributed by atoms with Gasteiger partial charge in [0.05, 0.1) is 5.02 Å². The maximum absolute atomic E-state index is 12.2. The lowest BCUT2D eigenvalue weighted by Crippen LogP contribution is -2.01. The van der Waals surface area contributed by atoms with E-state index in [0.717, 1.165) is 5.56 Å². The zero-order chi connectivity index (χ0) is 15.9. The summed E-state index contributed by atoms with van der Waals surface area (Å²) in [7, 11) is 0. The Labute approximate surface area is 138 Å². The molecule has 0 aliphatic carbocycles. The molecule has 0 amide bonds. The lowest BCUT2D eigenvalue weighted by Gasteiger charge is -2.08. The van der Waals surface area contributed by atoms with Crippen LogP contribution in [0.1, 0.15) is 15.9 Å². The van der Waals surface area contributed by atoms with Crippen LogP contribution in [0.15, 0.2) is 48.5 Å². The summed E-state index contributed by atoms with van der Waals surface area (Å²) in [6, 6.07) is 12.5. The van der Waals surface area contributed by atoms with E-state index in [1.165, 1.54) is 18.2 Å². The zero-order valence-electron chi connectivity index (χ0n) is 11.5. The molecule has 22 heavy (non-hydrogen) atoms. The minimum Gasteiger partial charge on any atom is -0.485 e. The van der Waals surface area contributed by atoms with Crippen molar-refractivity contribution < 1.29 is 14.3 Å². The van der Waals surface area contributed by atoms with Gasteiger partial charge in [-0.25, -0.2) is 0 Å². The fourth-order valence-corrected chi connectivity index (χ4v) is 2.25. The van der Waals surface area contributed by atoms with Crippen LogP contribution in [-0.2, 0) is 4.79 Å². The van der Waals surface area contributed by atoms with Gasteiger partial charge in [-0.3, -0.25) is 9.59 Å². The third-order valence-electron chi connectivity index (χ3n) is 2.85. The SMILES string of the molecule is O=CCOc1ccc(C(=O)C=Cc2ccccc2)c(Cl)c1Cl. The molecule has 0 N–H and O–H groups in total. The lowest BCUT2D eigenvalue weighted by atomic mass is 10.1. The fraction of sp³-hybridized carbons (Fsp3) is 0.0588. The maximum Gasteiger partial charge on any atom is 0.187 e. The Morgan fingerprint density at radius 3 is 2.45 bits per heavy atom. The number of rotatable bonds is 6. The van der Waals surface area contributed by atoms with Crippen LogP contribution in [0, 0.1) is 0 Å². The van der Waals surface area contributed by atoms with Crippen LogP contribution in [0.3, 0.4) is 0 Å². The Kier molecular flexibility index (Phi) is 5.75. The number of carbonyl (C=O) groups is 2. The van der Waals surface area contributed by atoms with E-state index in [9.17, 15) is 9.59 Å². The van der Waals surface area contributed by atoms with E-state index >= 15 is 0 Å². The number of halogens is 2. The standard InChI is InChI=1S/C17H12Cl2O3/c18-16-13(7-9-15(17(16)19)22-11-10-20)14(21)8-6-12-4-2-1-3-5-12/h1-10H,11H2. The van der Waals surface area contributed by atoms with Crippen LogP contribution < -0.4 is 4.74 Å². The van der Waals surface area contributed by atoms with Crippen molar-refractivity contribution in [1.82, 2.24) is 0 Å². The molecule has 3 nitrogen and oxygen atoms in total. The van der Waals surface area contributed by atoms with Crippen molar-refractivity contribution in [2.24, 2.45) is 0 Å². The first-order chi connectivity index (χ1) is 10.6. The Bertz CT molecular complexity index is 709. The van der Waals surface area contributed by atoms with Crippen LogP contribution in [0.4, 0.5) is 0 Å². The van der Waals surface area contributed by atoms with Crippen molar-refractivity contribution >= 4 is 41.3 Å². The number of ether oxygens (including phenoxy) is 1. The van der Waals surface area contributed by atoms with Crippen molar-refractivity contribution in [2.75, 3.05) is 6.61 Å². The molecular weight excluding hydrogens is 323 g/mol. The number of benzene rings is 2. The quantitative estimate of drug-likeness (QED) is 0.444. The molecule has 112 valence electrons. The maximum atomic E-state index is 12.2. The third-order valence-corrected chi connectivity index (χ3v) is 3.71. The summed E-state index contributed by atoms with van der Waals surface area (Å²) >= 11 is 12.1. The number of hydrogen-bond donors (Lipinski definition) is 0. The van der Waals surface area contributed by atoms with E-state index in [4.69, 9.17) is 27.9 Å². The number of allylic oxidation sites excluding steroid dienone is 1. The molecule has 0 unspecified atom stereocenters. The van der Waals surface area contributed by atoms with Crippen molar-refractivity contribution in [3.05, 3.63) is 69.7 Å². The zero-order valence-corrected chi connectivity index (χ0v) is 13.0. The minimum absolute atomic E-state index is 0.104. The molecule has 0 aliphatic heterocycles. The van der Waals surface area contributed by atoms with E-state index in [-0.39, 0.29) is 33.7 Å². The second kappa shape index (κ2) is 7.78. The molecule has 0 atom stereocenters. The van der Waals surface area contributed by atoms with Crippen LogP contribution in [0.2, 0.25) is 10.0 Å². The van der Waals surface area contributed by atoms with E-state index in [1.807, 2.05) is 30.3 Å². The van der Waals surface area contributed by atoms with Crippen molar-refractivity contribution in [3.8, 4) is 5.75 Å². The van der Waals surface area contributed by atoms with Crippen LogP contribution >= 0.6 is 23.2 Å². The molecule has 0 saturated carbocycles. The Hall–Kier alpha value is -2.10. The molecule has 0 heterocycles. The van der Waals surface area contributed by atoms with Gasteiger partial charge in [-0.1, -0.05) is 59.6 Å². The van der Waals surface area contributed by atoms with Gasteiger partial charge in [-0.15, -0.1) is 0 Å². The van der Waals surface area contributed by atoms with Gasteiger partial charge in [0, 0.05) is 5.56 Å². The second-order valence-electron chi connectivity index (χ2n) is 4.33. The van der Waals surface area contributed by atoms with Crippen molar-refractivity contribution in [2.45, 2.75) is 0 Å². The molecule has 0 saturated heterocycles. The monoisotopic (exact) mass is 334 g/mol. The summed E-state index contributed by atoms with van der Waals surface area (Å²) in [6.07, 6.45) is 3.73. The van der Waals surface area contributed by atoms with Crippen LogP contribution in [-0.4, -0.2) is 18.7 Å². The molecule has 0 spiro atoms. The van der Waals surface area contributed by atoms with E-state index in [0.29, 0.717) is 6.29 Å². The summed E-state index contributed by atoms with van der Waals surface area (Å²) in [5.41, 5.74) is 1.18. The normalized spacial score (nSPS) is 10.6. The molecule has 0 radical (unpaired) electrons. The van der Waals surface area contributed by atoms with Gasteiger partial charge in [0.25, 0.3) is 0 Å². The number of carbonyl (C=O) groups excluding carboxylic acids is 2. The summed E-state index contributed by atoms with van der Waals surface area (Å²) in [5, 5.41) is 0.218. The first-order valence-electron chi connectivity index (χ1n) is 6.45. The van der Waals surface area contributed by atoms with Gasteiger partial charge in [0.2, 0.25) is 0 Å². The van der Waals surface area contributed by atoms with Gasteiger partial charge in [0.15, 0.2) is 12.1 Å². The average molecular weight is 335 g/mol. The van der Waals surface area contributed by atoms with Gasteiger partial charge >= 0.3 is 0 Å². The molecule has 2 rings (SSSR count). The number of aldehydes is 1. The average Bonchev–Trinajstić information content (AvgIpc) is 2.55. The van der Waals surface area contributed by atoms with Crippen LogP contribution in [0.25, 0.3) is 6.08 Å². The molecule has 0 aliphatic rings. The molecular formula is C17H12Cl2O3. The summed E-state index contributed by atoms with van der Waals surface area (Å²) in [4.78, 5) is 22.5. The summed E-state index contributed by atoms with van der Waals surface area (Å²) in [6.45, 7) is -0.128. The molecule has 0 aromatic heterocycles. The van der Waals surface area contributed by atoms with E-state index in [1.54, 1.807) is 6.08 Å². The molecule has 5 heteroatoms. The summed E-state index contributed by atoms with van der Waals surface area (Å²) in [5.74, 6) is 0.0000426. The largest absolute Gasteiger partial charge is 0.485 e. The Balaban J connectivity index is 2.21. The minimum atomic E-state index is -0.266. The first-order valence-corrected chi connectivity index (χ1v) is 7.21. The van der Waals surface area contributed by atoms with Crippen molar-refractivity contribution in [1.29, 1.82) is 0 Å². The first kappa shape index (κ1) is 16.3. The molecule has 0 fully saturated rings. The van der Waals surface area contributed by atoms with Crippen molar-refractivity contribution in [3.63, 3.8) is 0 Å². The van der Waals surface area contributed by atoms with Gasteiger partial charge in [-0.05, 0) is 23.8 Å². The molecule has 0 bridgehead atoms. The highest BCUT2D eigenvalue weighted by molar-refractivity contribution is 6.45. The number of hydrogen-bond acceptors (Lipinski definition) is 3. The second-order valence-corrected chi connectivity index (χ2v) is 5.08. The van der Waals surface area contributed by atoms with Gasteiger partial charge < -0.3 is 4.74 Å². The predicted octanol–water partition coefficient (Wildman–Crippen LogP) is 4.47. The predicted molar refractivity (Wildman–Crippen MR) is 87.8 cm³/mol. The summed E-state index contributed by atoms with van der Waals surface area (Å²) < 4.78 is 5.12. The smallest absolute Gasteiger partial charge is 0.187 e. The highest BCUT2D eigenvalue weighted by Gasteiger charge is 2.14. The highest BCUT2D eigenvalue weighted by atomic mass is 35.5. The lowest BCUT2D eigenvalue weighted by molar-refractivity contribution is -0.109. The van der Waals surface area contributed by atoms with Gasteiger partial charge in [0.1, 0.15) is 17.4 Å². The van der Waals surface area contributed by atoms with Gasteiger partial charge in [-0.2, -0.15) is 0 Å². The topological polar surface area (TPSA) is 43.4 Å². The van der Waals surface area contributed by atoms with E-state index in [2.05, 4.69) is 0 Å². The molecule has 2 aromatic rings.